The molecule has 2 aromatic carbocycles. The Hall–Kier alpha value is -1.81. The molecule has 0 aliphatic carbocycles. The molecule has 4 heteroatoms. The van der Waals surface area contributed by atoms with E-state index >= 15 is 0 Å². The maximum atomic E-state index is 11.2. The van der Waals surface area contributed by atoms with E-state index < -0.39 is 5.97 Å². The zero-order chi connectivity index (χ0) is 14.4. The van der Waals surface area contributed by atoms with Crippen molar-refractivity contribution < 1.29 is 9.90 Å². The second-order valence-corrected chi connectivity index (χ2v) is 5.43. The van der Waals surface area contributed by atoms with Crippen molar-refractivity contribution in [2.24, 2.45) is 0 Å². The summed E-state index contributed by atoms with van der Waals surface area (Å²) in [6.45, 7) is 0.747. The Morgan fingerprint density at radius 1 is 1.15 bits per heavy atom. The summed E-state index contributed by atoms with van der Waals surface area (Å²) in [5.74, 6) is -0.920. The van der Waals surface area contributed by atoms with Crippen LogP contribution in [0.25, 0.3) is 0 Å². The van der Waals surface area contributed by atoms with E-state index in [1.54, 1.807) is 12.1 Å². The van der Waals surface area contributed by atoms with Crippen LogP contribution < -0.4 is 5.32 Å². The SMILES string of the molecule is O=C(O)c1cc(Br)ccc1NCCCc1ccccc1. The Labute approximate surface area is 126 Å². The van der Waals surface area contributed by atoms with E-state index in [2.05, 4.69) is 33.4 Å². The van der Waals surface area contributed by atoms with Crippen LogP contribution in [0.1, 0.15) is 22.3 Å². The summed E-state index contributed by atoms with van der Waals surface area (Å²) in [5.41, 5.74) is 2.25. The molecule has 20 heavy (non-hydrogen) atoms. The van der Waals surface area contributed by atoms with E-state index in [0.29, 0.717) is 11.3 Å². The van der Waals surface area contributed by atoms with Crippen LogP contribution in [0.2, 0.25) is 0 Å². The van der Waals surface area contributed by atoms with Gasteiger partial charge in [-0.2, -0.15) is 0 Å². The first-order chi connectivity index (χ1) is 9.66. The number of carboxylic acid groups (broad SMARTS) is 1. The molecule has 0 unspecified atom stereocenters. The summed E-state index contributed by atoms with van der Waals surface area (Å²) in [4.78, 5) is 11.2. The standard InChI is InChI=1S/C16H16BrNO2/c17-13-8-9-15(14(11-13)16(19)20)18-10-4-7-12-5-2-1-3-6-12/h1-3,5-6,8-9,11,18H,4,7,10H2,(H,19,20). The molecular formula is C16H16BrNO2. The average molecular weight is 334 g/mol. The van der Waals surface area contributed by atoms with Gasteiger partial charge in [-0.25, -0.2) is 4.79 Å². The molecule has 2 rings (SSSR count). The van der Waals surface area contributed by atoms with Gasteiger partial charge in [0.1, 0.15) is 0 Å². The zero-order valence-corrected chi connectivity index (χ0v) is 12.6. The maximum Gasteiger partial charge on any atom is 0.337 e. The molecule has 0 heterocycles. The molecule has 0 saturated heterocycles. The van der Waals surface area contributed by atoms with Gasteiger partial charge in [-0.3, -0.25) is 0 Å². The molecule has 2 aromatic rings. The number of rotatable bonds is 6. The van der Waals surface area contributed by atoms with Gasteiger partial charge in [0.2, 0.25) is 0 Å². The van der Waals surface area contributed by atoms with Crippen LogP contribution in [-0.2, 0) is 6.42 Å². The lowest BCUT2D eigenvalue weighted by Gasteiger charge is -2.10. The summed E-state index contributed by atoms with van der Waals surface area (Å²) >= 11 is 3.29. The van der Waals surface area contributed by atoms with Gasteiger partial charge in [-0.15, -0.1) is 0 Å². The van der Waals surface area contributed by atoms with Gasteiger partial charge in [0, 0.05) is 16.7 Å². The average Bonchev–Trinajstić information content (AvgIpc) is 2.45. The van der Waals surface area contributed by atoms with Gasteiger partial charge in [-0.1, -0.05) is 46.3 Å². The largest absolute Gasteiger partial charge is 0.478 e. The van der Waals surface area contributed by atoms with Crippen LogP contribution >= 0.6 is 15.9 Å². The third-order valence-electron chi connectivity index (χ3n) is 3.01. The summed E-state index contributed by atoms with van der Waals surface area (Å²) in [7, 11) is 0. The van der Waals surface area contributed by atoms with E-state index in [1.165, 1.54) is 5.56 Å². The van der Waals surface area contributed by atoms with E-state index in [1.807, 2.05) is 24.3 Å². The lowest BCUT2D eigenvalue weighted by Crippen LogP contribution is -2.08. The van der Waals surface area contributed by atoms with Gasteiger partial charge in [0.05, 0.1) is 5.56 Å². The van der Waals surface area contributed by atoms with Gasteiger partial charge in [0.15, 0.2) is 0 Å². The van der Waals surface area contributed by atoms with Crippen molar-refractivity contribution in [1.82, 2.24) is 0 Å². The molecule has 0 aliphatic heterocycles. The monoisotopic (exact) mass is 333 g/mol. The molecule has 0 spiro atoms. The number of carbonyl (C=O) groups is 1. The van der Waals surface area contributed by atoms with Crippen molar-refractivity contribution in [2.45, 2.75) is 12.8 Å². The molecule has 0 aliphatic rings. The first kappa shape index (κ1) is 14.6. The zero-order valence-electron chi connectivity index (χ0n) is 11.0. The quantitative estimate of drug-likeness (QED) is 0.779. The van der Waals surface area contributed by atoms with Crippen LogP contribution in [0.15, 0.2) is 53.0 Å². The highest BCUT2D eigenvalue weighted by molar-refractivity contribution is 9.10. The number of nitrogens with one attached hydrogen (secondary N) is 1. The lowest BCUT2D eigenvalue weighted by molar-refractivity contribution is 0.0698. The summed E-state index contributed by atoms with van der Waals surface area (Å²) < 4.78 is 0.768. The number of hydrogen-bond donors (Lipinski definition) is 2. The molecule has 3 nitrogen and oxygen atoms in total. The summed E-state index contributed by atoms with van der Waals surface area (Å²) in [6.07, 6.45) is 1.94. The maximum absolute atomic E-state index is 11.2. The lowest BCUT2D eigenvalue weighted by atomic mass is 10.1. The third kappa shape index (κ3) is 4.10. The predicted octanol–water partition coefficient (Wildman–Crippen LogP) is 4.19. The highest BCUT2D eigenvalue weighted by Crippen LogP contribution is 2.21. The summed E-state index contributed by atoms with van der Waals surface area (Å²) in [5, 5.41) is 12.4. The van der Waals surface area contributed by atoms with Gasteiger partial charge < -0.3 is 10.4 Å². The fourth-order valence-corrected chi connectivity index (χ4v) is 2.37. The Morgan fingerprint density at radius 3 is 2.60 bits per heavy atom. The van der Waals surface area contributed by atoms with Crippen molar-refractivity contribution in [1.29, 1.82) is 0 Å². The number of carboxylic acids is 1. The van der Waals surface area contributed by atoms with Crippen LogP contribution in [0.5, 0.6) is 0 Å². The molecule has 0 bridgehead atoms. The minimum atomic E-state index is -0.920. The fourth-order valence-electron chi connectivity index (χ4n) is 2.01. The predicted molar refractivity (Wildman–Crippen MR) is 84.4 cm³/mol. The van der Waals surface area contributed by atoms with Crippen LogP contribution in [0.4, 0.5) is 5.69 Å². The topological polar surface area (TPSA) is 49.3 Å². The van der Waals surface area contributed by atoms with E-state index in [0.717, 1.165) is 23.9 Å². The summed E-state index contributed by atoms with van der Waals surface area (Å²) in [6, 6.07) is 15.5. The van der Waals surface area contributed by atoms with Crippen molar-refractivity contribution in [2.75, 3.05) is 11.9 Å². The van der Waals surface area contributed by atoms with Crippen LogP contribution in [-0.4, -0.2) is 17.6 Å². The molecule has 2 N–H and O–H groups in total. The number of aryl methyl sites for hydroxylation is 1. The van der Waals surface area contributed by atoms with E-state index in [-0.39, 0.29) is 0 Å². The number of halogens is 1. The van der Waals surface area contributed by atoms with E-state index in [4.69, 9.17) is 5.11 Å². The van der Waals surface area contributed by atoms with E-state index in [9.17, 15) is 4.79 Å². The van der Waals surface area contributed by atoms with Crippen molar-refractivity contribution in [3.8, 4) is 0 Å². The Kier molecular flexibility index (Phi) is 5.18. The first-order valence-corrected chi connectivity index (χ1v) is 7.27. The van der Waals surface area contributed by atoms with Crippen molar-refractivity contribution in [3.63, 3.8) is 0 Å². The van der Waals surface area contributed by atoms with Crippen molar-refractivity contribution >= 4 is 27.6 Å². The molecule has 0 amide bonds. The van der Waals surface area contributed by atoms with Crippen LogP contribution in [0, 0.1) is 0 Å². The van der Waals surface area contributed by atoms with Gasteiger partial charge >= 0.3 is 5.97 Å². The molecule has 0 saturated carbocycles. The Morgan fingerprint density at radius 2 is 1.90 bits per heavy atom. The van der Waals surface area contributed by atoms with Gasteiger partial charge in [-0.05, 0) is 36.6 Å². The second-order valence-electron chi connectivity index (χ2n) is 4.51. The molecule has 0 atom stereocenters. The molecule has 104 valence electrons. The Bertz CT molecular complexity index is 584. The third-order valence-corrected chi connectivity index (χ3v) is 3.51. The number of anilines is 1. The van der Waals surface area contributed by atoms with Gasteiger partial charge in [0.25, 0.3) is 0 Å². The number of benzene rings is 2. The molecule has 0 radical (unpaired) electrons. The number of aromatic carboxylic acids is 1. The Balaban J connectivity index is 1.90. The fraction of sp³-hybridized carbons (Fsp3) is 0.188. The molecule has 0 fully saturated rings. The first-order valence-electron chi connectivity index (χ1n) is 6.47. The van der Waals surface area contributed by atoms with Crippen molar-refractivity contribution in [3.05, 3.63) is 64.1 Å². The minimum absolute atomic E-state index is 0.291. The molecule has 0 aromatic heterocycles. The second kappa shape index (κ2) is 7.10. The highest BCUT2D eigenvalue weighted by Gasteiger charge is 2.09. The minimum Gasteiger partial charge on any atom is -0.478 e. The molecular weight excluding hydrogens is 318 g/mol. The number of hydrogen-bond acceptors (Lipinski definition) is 2. The highest BCUT2D eigenvalue weighted by atomic mass is 79.9. The van der Waals surface area contributed by atoms with Crippen LogP contribution in [0.3, 0.4) is 0 Å². The normalized spacial score (nSPS) is 10.2. The smallest absolute Gasteiger partial charge is 0.337 e.